The van der Waals surface area contributed by atoms with Gasteiger partial charge in [0.15, 0.2) is 0 Å². The third-order valence-corrected chi connectivity index (χ3v) is 11.7. The van der Waals surface area contributed by atoms with Crippen molar-refractivity contribution in [1.29, 1.82) is 5.41 Å². The fourth-order valence-corrected chi connectivity index (χ4v) is 8.82. The first-order chi connectivity index (χ1) is 29.1. The molecule has 1 aliphatic carbocycles. The Hall–Kier alpha value is -7.56. The monoisotopic (exact) mass is 758 g/mol. The van der Waals surface area contributed by atoms with Gasteiger partial charge in [-0.25, -0.2) is 0 Å². The van der Waals surface area contributed by atoms with Crippen LogP contribution in [0, 0.1) is 5.41 Å². The van der Waals surface area contributed by atoms with E-state index in [1.54, 1.807) is 6.08 Å². The predicted molar refractivity (Wildman–Crippen MR) is 252 cm³/mol. The van der Waals surface area contributed by atoms with Crippen molar-refractivity contribution < 1.29 is 0 Å². The van der Waals surface area contributed by atoms with E-state index >= 15 is 0 Å². The second-order valence-corrected chi connectivity index (χ2v) is 15.2. The number of nitrogens with zero attached hydrogens (tertiary/aromatic N) is 3. The highest BCUT2D eigenvalue weighted by Crippen LogP contribution is 2.35. The topological polar surface area (TPSA) is 45.5 Å². The quantitative estimate of drug-likeness (QED) is 0.130. The number of aliphatic imine (C=N–C) groups is 1. The Labute approximate surface area is 343 Å². The number of benzene rings is 7. The van der Waals surface area contributed by atoms with Crippen molar-refractivity contribution in [2.75, 3.05) is 0 Å². The van der Waals surface area contributed by atoms with E-state index in [9.17, 15) is 0 Å². The van der Waals surface area contributed by atoms with Gasteiger partial charge in [-0.2, -0.15) is 0 Å². The fourth-order valence-electron chi connectivity index (χ4n) is 8.82. The summed E-state index contributed by atoms with van der Waals surface area (Å²) in [6, 6.07) is 61.3. The molecule has 0 bridgehead atoms. The summed E-state index contributed by atoms with van der Waals surface area (Å²) in [5.41, 5.74) is 12.5. The third kappa shape index (κ3) is 6.45. The molecule has 0 aliphatic heterocycles. The van der Waals surface area contributed by atoms with Crippen LogP contribution in [0.5, 0.6) is 0 Å². The van der Waals surface area contributed by atoms with Gasteiger partial charge < -0.3 is 14.4 Å². The molecule has 3 aromatic heterocycles. The molecule has 7 aromatic carbocycles. The average Bonchev–Trinajstić information content (AvgIpc) is 3.83. The van der Waals surface area contributed by atoms with Crippen molar-refractivity contribution >= 4 is 79.3 Å². The Morgan fingerprint density at radius 1 is 0.525 bits per heavy atom. The van der Waals surface area contributed by atoms with E-state index in [-0.39, 0.29) is 0 Å². The van der Waals surface area contributed by atoms with Crippen LogP contribution in [0.2, 0.25) is 0 Å². The minimum Gasteiger partial charge on any atom is -0.344 e. The summed E-state index contributed by atoms with van der Waals surface area (Å²) in [5.74, 6) is 0. The van der Waals surface area contributed by atoms with Gasteiger partial charge in [0.05, 0.1) is 33.5 Å². The fraction of sp³-hybridized carbons (Fsp3) is 0.0545. The molecule has 0 saturated heterocycles. The van der Waals surface area contributed by atoms with Crippen molar-refractivity contribution in [2.45, 2.75) is 12.8 Å². The van der Waals surface area contributed by atoms with E-state index < -0.39 is 0 Å². The molecule has 1 aliphatic rings. The van der Waals surface area contributed by atoms with Gasteiger partial charge in [0.25, 0.3) is 0 Å². The lowest BCUT2D eigenvalue weighted by atomic mass is 9.99. The van der Waals surface area contributed by atoms with Gasteiger partial charge in [0, 0.05) is 50.3 Å². The molecule has 4 heteroatoms. The number of aryl methyl sites for hydroxylation is 1. The summed E-state index contributed by atoms with van der Waals surface area (Å²) >= 11 is 0. The Balaban J connectivity index is 0.000000142. The van der Waals surface area contributed by atoms with E-state index in [1.807, 2.05) is 66.7 Å². The van der Waals surface area contributed by atoms with Crippen LogP contribution in [-0.4, -0.2) is 21.4 Å². The second-order valence-electron chi connectivity index (χ2n) is 15.2. The van der Waals surface area contributed by atoms with Gasteiger partial charge in [-0.15, -0.1) is 0 Å². The normalized spacial score (nSPS) is 12.5. The number of rotatable bonds is 6. The Morgan fingerprint density at radius 3 is 1.80 bits per heavy atom. The Kier molecular flexibility index (Phi) is 9.15. The molecular formula is C55H42N4. The molecule has 59 heavy (non-hydrogen) atoms. The third-order valence-electron chi connectivity index (χ3n) is 11.7. The smallest absolute Gasteiger partial charge is 0.0716 e. The van der Waals surface area contributed by atoms with Crippen LogP contribution < -0.4 is 10.6 Å². The lowest BCUT2D eigenvalue weighted by Gasteiger charge is -2.10. The number of pyridine rings is 1. The zero-order chi connectivity index (χ0) is 39.9. The summed E-state index contributed by atoms with van der Waals surface area (Å²) in [6.45, 7) is 3.74. The number of allylic oxidation sites excluding steroid dienone is 1. The molecule has 0 fully saturated rings. The van der Waals surface area contributed by atoms with Crippen LogP contribution in [-0.2, 0) is 7.05 Å². The maximum absolute atomic E-state index is 8.63. The molecule has 0 spiro atoms. The van der Waals surface area contributed by atoms with Gasteiger partial charge >= 0.3 is 0 Å². The summed E-state index contributed by atoms with van der Waals surface area (Å²) in [5, 5.41) is 18.0. The average molecular weight is 759 g/mol. The number of hydrogen-bond acceptors (Lipinski definition) is 2. The molecule has 3 heterocycles. The number of nitrogens with one attached hydrogen (secondary N) is 1. The summed E-state index contributed by atoms with van der Waals surface area (Å²) < 4.78 is 4.81. The summed E-state index contributed by atoms with van der Waals surface area (Å²) in [7, 11) is 2.20. The zero-order valence-electron chi connectivity index (χ0n) is 32.9. The van der Waals surface area contributed by atoms with Gasteiger partial charge in [0.1, 0.15) is 0 Å². The van der Waals surface area contributed by atoms with Crippen LogP contribution >= 0.6 is 0 Å². The molecule has 0 radical (unpaired) electrons. The van der Waals surface area contributed by atoms with Crippen LogP contribution in [0.1, 0.15) is 24.0 Å². The lowest BCUT2D eigenvalue weighted by molar-refractivity contribution is 0.910. The molecule has 0 unspecified atom stereocenters. The second kappa shape index (κ2) is 15.1. The molecule has 0 saturated carbocycles. The van der Waals surface area contributed by atoms with Gasteiger partial charge in [-0.1, -0.05) is 152 Å². The number of aromatic nitrogens is 2. The molecule has 4 nitrogen and oxygen atoms in total. The Bertz CT molecular complexity index is 3420. The van der Waals surface area contributed by atoms with Gasteiger partial charge in [-0.3, -0.25) is 4.99 Å². The molecular weight excluding hydrogens is 717 g/mol. The zero-order valence-corrected chi connectivity index (χ0v) is 32.9. The summed E-state index contributed by atoms with van der Waals surface area (Å²) in [4.78, 5) is 4.21. The lowest BCUT2D eigenvalue weighted by Crippen LogP contribution is -2.29. The molecule has 10 aromatic rings. The predicted octanol–water partition coefficient (Wildman–Crippen LogP) is 12.4. The standard InChI is InChI=1S/C28H22N2.C27H20N2/c1-30-28(26-17-9-15-24(19-26)22-12-6-3-7-13-22)20-27(29)25-16-8-14-23(18-25)21-10-4-2-5-11-21;1-28-23-12-6-4-11-21(23)22-14-17-15-27-20-10-3-2-8-18(20)19-9-5-7-13-24(19)29(27)25(17)16-26(22)28/h2-20,29H,1H2;2-3,5,7-16H,4,6H2,1H3/b28-20-,29-27?;. The highest BCUT2D eigenvalue weighted by Gasteiger charge is 2.15. The van der Waals surface area contributed by atoms with Crippen molar-refractivity contribution in [1.82, 2.24) is 8.97 Å². The van der Waals surface area contributed by atoms with Crippen molar-refractivity contribution in [2.24, 2.45) is 12.0 Å². The number of hydrogen-bond donors (Lipinski definition) is 1. The van der Waals surface area contributed by atoms with Crippen LogP contribution in [0.3, 0.4) is 0 Å². The molecule has 0 atom stereocenters. The number of fused-ring (bicyclic) bond motifs is 11. The first kappa shape index (κ1) is 35.8. The highest BCUT2D eigenvalue weighted by molar-refractivity contribution is 6.16. The van der Waals surface area contributed by atoms with E-state index in [1.165, 1.54) is 59.6 Å². The van der Waals surface area contributed by atoms with Crippen LogP contribution in [0.4, 0.5) is 0 Å². The molecule has 282 valence electrons. The van der Waals surface area contributed by atoms with Gasteiger partial charge in [0.2, 0.25) is 0 Å². The summed E-state index contributed by atoms with van der Waals surface area (Å²) in [6.07, 6.45) is 8.84. The molecule has 11 rings (SSSR count). The highest BCUT2D eigenvalue weighted by atomic mass is 14.9. The largest absolute Gasteiger partial charge is 0.344 e. The minimum absolute atomic E-state index is 0.403. The SMILES string of the molecule is C=N/C(=C\C(=N)c1cccc(-c2ccccc2)c1)c1cccc(-c2ccccc2)c1.Cn1c2c(c3cc4cc5c6ccccc6c6ccccc6n5c4cc31)=CCCC=2. The van der Waals surface area contributed by atoms with Crippen LogP contribution in [0.15, 0.2) is 187 Å². The van der Waals surface area contributed by atoms with Gasteiger partial charge in [-0.05, 0) is 89.7 Å². The Morgan fingerprint density at radius 2 is 1.10 bits per heavy atom. The van der Waals surface area contributed by atoms with Crippen molar-refractivity contribution in [3.05, 3.63) is 204 Å². The molecule has 1 N–H and O–H groups in total. The van der Waals surface area contributed by atoms with E-state index in [0.717, 1.165) is 46.2 Å². The maximum atomic E-state index is 8.63. The van der Waals surface area contributed by atoms with E-state index in [2.05, 4.69) is 149 Å². The molecule has 0 amide bonds. The minimum atomic E-state index is 0.403. The first-order valence-corrected chi connectivity index (χ1v) is 20.2. The van der Waals surface area contributed by atoms with E-state index in [0.29, 0.717) is 11.4 Å². The van der Waals surface area contributed by atoms with Crippen LogP contribution in [0.25, 0.3) is 89.1 Å². The number of para-hydroxylation sites is 1. The maximum Gasteiger partial charge on any atom is 0.0716 e. The van der Waals surface area contributed by atoms with Crippen molar-refractivity contribution in [3.63, 3.8) is 0 Å². The van der Waals surface area contributed by atoms with E-state index in [4.69, 9.17) is 5.41 Å². The first-order valence-electron chi connectivity index (χ1n) is 20.2. The van der Waals surface area contributed by atoms with Crippen molar-refractivity contribution in [3.8, 4) is 22.3 Å².